The van der Waals surface area contributed by atoms with Crippen LogP contribution in [0.4, 0.5) is 0 Å². The summed E-state index contributed by atoms with van der Waals surface area (Å²) in [6.45, 7) is 1.66. The first-order valence-corrected chi connectivity index (χ1v) is 10.5. The van der Waals surface area contributed by atoms with Crippen molar-refractivity contribution in [3.05, 3.63) is 12.2 Å². The van der Waals surface area contributed by atoms with Gasteiger partial charge in [0.15, 0.2) is 5.79 Å². The number of nitrogens with two attached hydrogens (primary N) is 1. The molecule has 1 aliphatic heterocycles. The van der Waals surface area contributed by atoms with E-state index in [1.165, 1.54) is 0 Å². The highest BCUT2D eigenvalue weighted by molar-refractivity contribution is 5.75. The number of primary amides is 1. The van der Waals surface area contributed by atoms with Crippen molar-refractivity contribution in [1.29, 1.82) is 0 Å². The fourth-order valence-electron chi connectivity index (χ4n) is 8.02. The minimum absolute atomic E-state index is 0.00905. The Hall–Kier alpha value is -0.950. The van der Waals surface area contributed by atoms with Gasteiger partial charge in [-0.2, -0.15) is 0 Å². The summed E-state index contributed by atoms with van der Waals surface area (Å²) in [6, 6.07) is 0. The van der Waals surface area contributed by atoms with E-state index in [0.717, 1.165) is 38.5 Å². The summed E-state index contributed by atoms with van der Waals surface area (Å²) in [4.78, 5) is 12.1. The summed E-state index contributed by atoms with van der Waals surface area (Å²) in [5.41, 5.74) is 5.55. The van der Waals surface area contributed by atoms with Gasteiger partial charge in [0.05, 0.1) is 32.5 Å². The highest BCUT2D eigenvalue weighted by atomic mass is 16.7. The van der Waals surface area contributed by atoms with Crippen molar-refractivity contribution in [1.82, 2.24) is 0 Å². The van der Waals surface area contributed by atoms with Crippen LogP contribution in [0.5, 0.6) is 0 Å². The molecule has 4 aliphatic carbocycles. The quantitative estimate of drug-likeness (QED) is 0.713. The minimum atomic E-state index is -0.491. The molecule has 5 aliphatic rings. The van der Waals surface area contributed by atoms with Crippen molar-refractivity contribution < 1.29 is 24.1 Å². The predicted molar refractivity (Wildman–Crippen MR) is 97.5 cm³/mol. The normalized spacial score (nSPS) is 46.6. The number of rotatable bonds is 5. The van der Waals surface area contributed by atoms with Crippen molar-refractivity contribution in [3.63, 3.8) is 0 Å². The van der Waals surface area contributed by atoms with Gasteiger partial charge in [0.2, 0.25) is 5.91 Å². The maximum Gasteiger partial charge on any atom is 0.218 e. The van der Waals surface area contributed by atoms with E-state index in [-0.39, 0.29) is 41.3 Å². The zero-order valence-corrected chi connectivity index (χ0v) is 15.9. The Balaban J connectivity index is 1.63. The number of carbonyl (C=O) groups is 1. The molecule has 6 heteroatoms. The van der Waals surface area contributed by atoms with Gasteiger partial charge in [0.25, 0.3) is 0 Å². The van der Waals surface area contributed by atoms with Crippen LogP contribution in [0, 0.1) is 28.6 Å². The van der Waals surface area contributed by atoms with E-state index in [0.29, 0.717) is 32.2 Å². The number of amides is 1. The van der Waals surface area contributed by atoms with Crippen LogP contribution in [-0.4, -0.2) is 49.3 Å². The second kappa shape index (κ2) is 6.28. The van der Waals surface area contributed by atoms with E-state index in [2.05, 4.69) is 12.2 Å². The number of hydrogen-bond donors (Lipinski definition) is 2. The van der Waals surface area contributed by atoms with Gasteiger partial charge in [-0.1, -0.05) is 12.2 Å². The fraction of sp³-hybridized carbons (Fsp3) is 0.857. The number of ether oxygens (including phenoxy) is 3. The zero-order chi connectivity index (χ0) is 18.7. The van der Waals surface area contributed by atoms with Crippen molar-refractivity contribution in [2.24, 2.45) is 34.3 Å². The second-order valence-electron chi connectivity index (χ2n) is 9.20. The molecule has 6 unspecified atom stereocenters. The lowest BCUT2D eigenvalue weighted by Gasteiger charge is -2.59. The molecule has 1 amide bonds. The summed E-state index contributed by atoms with van der Waals surface area (Å²) in [5, 5.41) is 9.45. The van der Waals surface area contributed by atoms with E-state index < -0.39 is 5.79 Å². The Morgan fingerprint density at radius 2 is 2.04 bits per heavy atom. The third kappa shape index (κ3) is 2.24. The Labute approximate surface area is 160 Å². The van der Waals surface area contributed by atoms with Crippen LogP contribution < -0.4 is 5.73 Å². The van der Waals surface area contributed by atoms with E-state index in [4.69, 9.17) is 19.9 Å². The molecular weight excluding hydrogens is 346 g/mol. The molecule has 6 nitrogen and oxygen atoms in total. The average Bonchev–Trinajstić information content (AvgIpc) is 3.08. The molecule has 0 aromatic heterocycles. The summed E-state index contributed by atoms with van der Waals surface area (Å²) in [5.74, 6) is 0.114. The van der Waals surface area contributed by atoms with E-state index in [1.54, 1.807) is 0 Å². The van der Waals surface area contributed by atoms with Gasteiger partial charge in [0.1, 0.15) is 0 Å². The lowest BCUT2D eigenvalue weighted by Crippen LogP contribution is -2.60. The molecule has 0 aromatic carbocycles. The van der Waals surface area contributed by atoms with Gasteiger partial charge < -0.3 is 25.1 Å². The first-order valence-electron chi connectivity index (χ1n) is 10.5. The molecule has 6 atom stereocenters. The monoisotopic (exact) mass is 377 g/mol. The molecule has 4 bridgehead atoms. The standard InChI is InChI=1S/C21H31NO5/c22-17(24)13-19-8-5-16-20(6-2-7-21(16)26-11-12-27-21)15(19)4-1-3-14(19)18(20)25-10-9-23/h1,3,14-16,18,23H,2,4-13H2,(H2,22,24). The molecule has 27 heavy (non-hydrogen) atoms. The third-order valence-electron chi connectivity index (χ3n) is 8.46. The molecular formula is C21H31NO5. The van der Waals surface area contributed by atoms with E-state index >= 15 is 0 Å². The smallest absolute Gasteiger partial charge is 0.218 e. The van der Waals surface area contributed by atoms with Gasteiger partial charge in [-0.3, -0.25) is 4.79 Å². The lowest BCUT2D eigenvalue weighted by atomic mass is 9.48. The van der Waals surface area contributed by atoms with Gasteiger partial charge >= 0.3 is 0 Å². The average molecular weight is 377 g/mol. The number of fused-ring (bicyclic) bond motifs is 1. The zero-order valence-electron chi connectivity index (χ0n) is 15.9. The van der Waals surface area contributed by atoms with E-state index in [9.17, 15) is 9.90 Å². The number of allylic oxidation sites excluding steroid dienone is 1. The van der Waals surface area contributed by atoms with Crippen LogP contribution in [0.2, 0.25) is 0 Å². The van der Waals surface area contributed by atoms with Crippen LogP contribution in [0.25, 0.3) is 0 Å². The molecule has 3 N–H and O–H groups in total. The molecule has 1 saturated heterocycles. The molecule has 0 aromatic rings. The second-order valence-corrected chi connectivity index (χ2v) is 9.20. The molecule has 2 spiro atoms. The highest BCUT2D eigenvalue weighted by Gasteiger charge is 2.76. The van der Waals surface area contributed by atoms with Crippen molar-refractivity contribution in [2.75, 3.05) is 26.4 Å². The molecule has 1 heterocycles. The maximum absolute atomic E-state index is 12.1. The van der Waals surface area contributed by atoms with E-state index in [1.807, 2.05) is 0 Å². The van der Waals surface area contributed by atoms with Crippen molar-refractivity contribution >= 4 is 5.91 Å². The number of hydrogen-bond acceptors (Lipinski definition) is 5. The number of carbonyl (C=O) groups excluding carboxylic acids is 1. The summed E-state index contributed by atoms with van der Waals surface area (Å²) >= 11 is 0. The molecule has 0 radical (unpaired) electrons. The first kappa shape index (κ1) is 18.1. The van der Waals surface area contributed by atoms with Crippen LogP contribution in [-0.2, 0) is 19.0 Å². The summed E-state index contributed by atoms with van der Waals surface area (Å²) < 4.78 is 18.9. The van der Waals surface area contributed by atoms with Gasteiger partial charge in [-0.05, 0) is 43.4 Å². The van der Waals surface area contributed by atoms with Gasteiger partial charge in [-0.25, -0.2) is 0 Å². The highest BCUT2D eigenvalue weighted by Crippen LogP contribution is 2.76. The van der Waals surface area contributed by atoms with Crippen LogP contribution in [0.3, 0.4) is 0 Å². The number of aliphatic hydroxyl groups is 1. The molecule has 4 fully saturated rings. The van der Waals surface area contributed by atoms with Crippen molar-refractivity contribution in [2.45, 2.75) is 56.8 Å². The van der Waals surface area contributed by atoms with Gasteiger partial charge in [-0.15, -0.1) is 0 Å². The third-order valence-corrected chi connectivity index (χ3v) is 8.46. The topological polar surface area (TPSA) is 91.0 Å². The molecule has 5 rings (SSSR count). The van der Waals surface area contributed by atoms with Crippen LogP contribution in [0.15, 0.2) is 12.2 Å². The molecule has 3 saturated carbocycles. The number of aliphatic hydroxyl groups excluding tert-OH is 1. The minimum Gasteiger partial charge on any atom is -0.394 e. The first-order chi connectivity index (χ1) is 13.1. The predicted octanol–water partition coefficient (Wildman–Crippen LogP) is 1.75. The SMILES string of the molecule is NC(=O)CC12CCC3C4(CCCC35C(OCCO)C1C=CCC25)OCCO4. The summed E-state index contributed by atoms with van der Waals surface area (Å²) in [7, 11) is 0. The Kier molecular flexibility index (Phi) is 4.21. The largest absolute Gasteiger partial charge is 0.394 e. The lowest BCUT2D eigenvalue weighted by molar-refractivity contribution is -0.279. The maximum atomic E-state index is 12.1. The Morgan fingerprint density at radius 1 is 1.22 bits per heavy atom. The van der Waals surface area contributed by atoms with Gasteiger partial charge in [0, 0.05) is 30.1 Å². The fourth-order valence-corrected chi connectivity index (χ4v) is 8.02. The van der Waals surface area contributed by atoms with Crippen LogP contribution in [0.1, 0.15) is 44.9 Å². The Bertz CT molecular complexity index is 644. The van der Waals surface area contributed by atoms with Crippen molar-refractivity contribution in [3.8, 4) is 0 Å². The summed E-state index contributed by atoms with van der Waals surface area (Å²) in [6.07, 6.45) is 11.0. The Morgan fingerprint density at radius 3 is 2.78 bits per heavy atom. The van der Waals surface area contributed by atoms with Crippen LogP contribution >= 0.6 is 0 Å². The molecule has 150 valence electrons.